The predicted octanol–water partition coefficient (Wildman–Crippen LogP) is 3.18. The molecule has 0 aromatic heterocycles. The molecule has 0 aliphatic rings. The maximum Gasteiger partial charge on any atom is 0.573 e. The summed E-state index contributed by atoms with van der Waals surface area (Å²) in [6, 6.07) is 2.78. The molecule has 0 saturated heterocycles. The summed E-state index contributed by atoms with van der Waals surface area (Å²) in [5.41, 5.74) is -2.73. The van der Waals surface area contributed by atoms with Crippen molar-refractivity contribution in [1.82, 2.24) is 0 Å². The normalized spacial score (nSPS) is 11.1. The molecule has 0 fully saturated rings. The fraction of sp³-hybridized carbons (Fsp3) is 0.273. The number of methoxy groups -OCH3 is 1. The number of rotatable bonds is 3. The number of carbonyl (C=O) groups is 1. The van der Waals surface area contributed by atoms with Crippen LogP contribution in [-0.2, 0) is 4.74 Å². The molecule has 108 valence electrons. The second-order valence-electron chi connectivity index (χ2n) is 3.36. The standard InChI is InChI=1S/C11H6F5NO3/c1-19-10(18)7-5(4-17)2-3-6(9(12)13)8(7)20-11(14,15)16/h2-3,9H,1H3. The van der Waals surface area contributed by atoms with Gasteiger partial charge in [0.1, 0.15) is 11.6 Å². The smallest absolute Gasteiger partial charge is 0.465 e. The molecule has 0 aliphatic heterocycles. The Morgan fingerprint density at radius 1 is 1.35 bits per heavy atom. The summed E-state index contributed by atoms with van der Waals surface area (Å²) in [5.74, 6) is -2.82. The van der Waals surface area contributed by atoms with Gasteiger partial charge in [-0.2, -0.15) is 5.26 Å². The third-order valence-electron chi connectivity index (χ3n) is 2.15. The molecule has 9 heteroatoms. The molecule has 0 spiro atoms. The van der Waals surface area contributed by atoms with Crippen LogP contribution < -0.4 is 4.74 Å². The molecule has 4 nitrogen and oxygen atoms in total. The monoisotopic (exact) mass is 295 g/mol. The Kier molecular flexibility index (Phi) is 4.49. The minimum Gasteiger partial charge on any atom is -0.465 e. The fourth-order valence-electron chi connectivity index (χ4n) is 1.39. The second kappa shape index (κ2) is 5.73. The number of nitrogens with zero attached hydrogens (tertiary/aromatic N) is 1. The van der Waals surface area contributed by atoms with E-state index in [1.54, 1.807) is 0 Å². The summed E-state index contributed by atoms with van der Waals surface area (Å²) >= 11 is 0. The highest BCUT2D eigenvalue weighted by molar-refractivity contribution is 5.95. The summed E-state index contributed by atoms with van der Waals surface area (Å²) in [6.45, 7) is 0. The predicted molar refractivity (Wildman–Crippen MR) is 54.1 cm³/mol. The van der Waals surface area contributed by atoms with Gasteiger partial charge >= 0.3 is 12.3 Å². The van der Waals surface area contributed by atoms with E-state index in [9.17, 15) is 26.7 Å². The van der Waals surface area contributed by atoms with Crippen molar-refractivity contribution >= 4 is 5.97 Å². The van der Waals surface area contributed by atoms with Gasteiger partial charge in [0.25, 0.3) is 6.43 Å². The highest BCUT2D eigenvalue weighted by Gasteiger charge is 2.37. The maximum absolute atomic E-state index is 12.7. The molecule has 0 heterocycles. The molecule has 0 amide bonds. The summed E-state index contributed by atoms with van der Waals surface area (Å²) in [6.07, 6.45) is -8.64. The van der Waals surface area contributed by atoms with E-state index in [1.165, 1.54) is 6.07 Å². The molecular formula is C11H6F5NO3. The second-order valence-corrected chi connectivity index (χ2v) is 3.36. The maximum atomic E-state index is 12.7. The van der Waals surface area contributed by atoms with E-state index in [0.29, 0.717) is 6.07 Å². The zero-order valence-electron chi connectivity index (χ0n) is 9.79. The van der Waals surface area contributed by atoms with Crippen molar-refractivity contribution in [2.45, 2.75) is 12.8 Å². The Labute approximate surface area is 109 Å². The van der Waals surface area contributed by atoms with E-state index in [2.05, 4.69) is 9.47 Å². The van der Waals surface area contributed by atoms with Crippen molar-refractivity contribution in [2.24, 2.45) is 0 Å². The third-order valence-corrected chi connectivity index (χ3v) is 2.15. The number of nitriles is 1. The Morgan fingerprint density at radius 3 is 2.35 bits per heavy atom. The van der Waals surface area contributed by atoms with Crippen LogP contribution in [-0.4, -0.2) is 19.4 Å². The largest absolute Gasteiger partial charge is 0.573 e. The first-order valence-electron chi connectivity index (χ1n) is 4.90. The number of ether oxygens (including phenoxy) is 2. The highest BCUT2D eigenvalue weighted by atomic mass is 19.4. The van der Waals surface area contributed by atoms with E-state index < -0.39 is 41.2 Å². The number of halogens is 5. The summed E-state index contributed by atoms with van der Waals surface area (Å²) in [7, 11) is 0.829. The van der Waals surface area contributed by atoms with Gasteiger partial charge in [-0.1, -0.05) is 0 Å². The number of hydrogen-bond acceptors (Lipinski definition) is 4. The minimum absolute atomic E-state index is 0.569. The van der Waals surface area contributed by atoms with E-state index in [0.717, 1.165) is 13.2 Å². The van der Waals surface area contributed by atoms with Crippen molar-refractivity contribution in [1.29, 1.82) is 5.26 Å². The molecule has 20 heavy (non-hydrogen) atoms. The van der Waals surface area contributed by atoms with Crippen molar-refractivity contribution in [2.75, 3.05) is 7.11 Å². The van der Waals surface area contributed by atoms with Gasteiger partial charge in [-0.15, -0.1) is 13.2 Å². The molecule has 1 rings (SSSR count). The van der Waals surface area contributed by atoms with E-state index in [-0.39, 0.29) is 0 Å². The third kappa shape index (κ3) is 3.34. The Hall–Kier alpha value is -2.37. The molecule has 1 aromatic carbocycles. The lowest BCUT2D eigenvalue weighted by atomic mass is 10.0. The first-order chi connectivity index (χ1) is 9.21. The molecule has 0 bridgehead atoms. The van der Waals surface area contributed by atoms with Crippen LogP contribution in [0.4, 0.5) is 22.0 Å². The zero-order valence-corrected chi connectivity index (χ0v) is 9.79. The lowest BCUT2D eigenvalue weighted by molar-refractivity contribution is -0.275. The lowest BCUT2D eigenvalue weighted by Crippen LogP contribution is -2.21. The SMILES string of the molecule is COC(=O)c1c(C#N)ccc(C(F)F)c1OC(F)(F)F. The number of carbonyl (C=O) groups excluding carboxylic acids is 1. The van der Waals surface area contributed by atoms with Gasteiger partial charge in [0.05, 0.1) is 18.2 Å². The molecule has 0 radical (unpaired) electrons. The average Bonchev–Trinajstić information content (AvgIpc) is 2.34. The van der Waals surface area contributed by atoms with Crippen LogP contribution in [0.3, 0.4) is 0 Å². The fourth-order valence-corrected chi connectivity index (χ4v) is 1.39. The first-order valence-corrected chi connectivity index (χ1v) is 4.90. The van der Waals surface area contributed by atoms with Crippen LogP contribution in [0.5, 0.6) is 5.75 Å². The average molecular weight is 295 g/mol. The van der Waals surface area contributed by atoms with E-state index in [4.69, 9.17) is 5.26 Å². The number of esters is 1. The molecule has 1 aromatic rings. The quantitative estimate of drug-likeness (QED) is 0.634. The van der Waals surface area contributed by atoms with E-state index >= 15 is 0 Å². The van der Waals surface area contributed by atoms with E-state index in [1.807, 2.05) is 0 Å². The molecule has 0 unspecified atom stereocenters. The van der Waals surface area contributed by atoms with Crippen LogP contribution in [0, 0.1) is 11.3 Å². The Morgan fingerprint density at radius 2 is 1.95 bits per heavy atom. The van der Waals surface area contributed by atoms with Crippen molar-refractivity contribution in [3.8, 4) is 11.8 Å². The highest BCUT2D eigenvalue weighted by Crippen LogP contribution is 2.37. The first kappa shape index (κ1) is 15.7. The summed E-state index contributed by atoms with van der Waals surface area (Å²) in [5, 5.41) is 8.73. The van der Waals surface area contributed by atoms with Crippen LogP contribution in [0.25, 0.3) is 0 Å². The van der Waals surface area contributed by atoms with Crippen molar-refractivity contribution in [3.05, 3.63) is 28.8 Å². The molecule has 0 saturated carbocycles. The number of benzene rings is 1. The lowest BCUT2D eigenvalue weighted by Gasteiger charge is -2.16. The van der Waals surface area contributed by atoms with Gasteiger partial charge in [0.15, 0.2) is 5.75 Å². The van der Waals surface area contributed by atoms with Crippen LogP contribution in [0.1, 0.15) is 27.9 Å². The van der Waals surface area contributed by atoms with Crippen LogP contribution >= 0.6 is 0 Å². The van der Waals surface area contributed by atoms with Gasteiger partial charge < -0.3 is 9.47 Å². The van der Waals surface area contributed by atoms with Gasteiger partial charge in [0.2, 0.25) is 0 Å². The van der Waals surface area contributed by atoms with Gasteiger partial charge in [-0.3, -0.25) is 0 Å². The Bertz CT molecular complexity index is 562. The molecule has 0 N–H and O–H groups in total. The van der Waals surface area contributed by atoms with Gasteiger partial charge in [0, 0.05) is 0 Å². The summed E-state index contributed by atoms with van der Waals surface area (Å²) < 4.78 is 69.8. The molecule has 0 aliphatic carbocycles. The topological polar surface area (TPSA) is 59.3 Å². The summed E-state index contributed by atoms with van der Waals surface area (Å²) in [4.78, 5) is 11.4. The molecular weight excluding hydrogens is 289 g/mol. The van der Waals surface area contributed by atoms with Crippen molar-refractivity contribution in [3.63, 3.8) is 0 Å². The minimum atomic E-state index is -5.31. The number of alkyl halides is 5. The van der Waals surface area contributed by atoms with Gasteiger partial charge in [-0.05, 0) is 12.1 Å². The zero-order chi connectivity index (χ0) is 15.5. The van der Waals surface area contributed by atoms with Crippen LogP contribution in [0.2, 0.25) is 0 Å². The van der Waals surface area contributed by atoms with Crippen molar-refractivity contribution < 1.29 is 36.2 Å². The Balaban J connectivity index is 3.61. The molecule has 0 atom stereocenters. The van der Waals surface area contributed by atoms with Gasteiger partial charge in [-0.25, -0.2) is 13.6 Å². The van der Waals surface area contributed by atoms with Crippen LogP contribution in [0.15, 0.2) is 12.1 Å². The number of hydrogen-bond donors (Lipinski definition) is 0.